The number of fused-ring (bicyclic) bond motifs is 1. The van der Waals surface area contributed by atoms with Gasteiger partial charge in [-0.25, -0.2) is 4.68 Å². The molecule has 2 heterocycles. The van der Waals surface area contributed by atoms with Gasteiger partial charge in [0.2, 0.25) is 5.82 Å². The summed E-state index contributed by atoms with van der Waals surface area (Å²) in [6, 6.07) is 9.56. The van der Waals surface area contributed by atoms with Crippen LogP contribution in [-0.4, -0.2) is 14.9 Å². The third kappa shape index (κ3) is 0.939. The summed E-state index contributed by atoms with van der Waals surface area (Å²) < 4.78 is 6.85. The zero-order valence-corrected chi connectivity index (χ0v) is 7.29. The van der Waals surface area contributed by atoms with Crippen LogP contribution in [0.2, 0.25) is 0 Å². The minimum absolute atomic E-state index is 0.727. The van der Waals surface area contributed by atoms with Crippen LogP contribution in [0, 0.1) is 0 Å². The highest BCUT2D eigenvalue weighted by molar-refractivity contribution is 5.83. The monoisotopic (exact) mass is 185 g/mol. The van der Waals surface area contributed by atoms with Crippen LogP contribution in [0.15, 0.2) is 47.2 Å². The zero-order chi connectivity index (χ0) is 9.38. The van der Waals surface area contributed by atoms with Crippen molar-refractivity contribution in [1.29, 1.82) is 0 Å². The van der Waals surface area contributed by atoms with Crippen LogP contribution in [-0.2, 0) is 0 Å². The van der Waals surface area contributed by atoms with E-state index in [2.05, 4.69) is 10.3 Å². The first-order valence-electron chi connectivity index (χ1n) is 4.29. The highest BCUT2D eigenvalue weighted by Crippen LogP contribution is 2.20. The molecule has 0 fully saturated rings. The summed E-state index contributed by atoms with van der Waals surface area (Å²) in [6.45, 7) is 0. The molecule has 0 saturated carbocycles. The maximum Gasteiger partial charge on any atom is 0.204 e. The number of nitrogens with zero attached hydrogens (tertiary/aromatic N) is 3. The van der Waals surface area contributed by atoms with Crippen molar-refractivity contribution in [1.82, 2.24) is 14.9 Å². The fourth-order valence-electron chi connectivity index (χ4n) is 1.43. The van der Waals surface area contributed by atoms with Gasteiger partial charge in [-0.3, -0.25) is 0 Å². The first-order valence-corrected chi connectivity index (χ1v) is 4.29. The average molecular weight is 185 g/mol. The second-order valence-electron chi connectivity index (χ2n) is 2.95. The van der Waals surface area contributed by atoms with Crippen LogP contribution in [0.1, 0.15) is 0 Å². The molecule has 0 spiro atoms. The van der Waals surface area contributed by atoms with Crippen LogP contribution in [0.3, 0.4) is 0 Å². The summed E-state index contributed by atoms with van der Waals surface area (Å²) in [6.07, 6.45) is 3.55. The molecular formula is C10H7N3O. The van der Waals surface area contributed by atoms with E-state index in [1.54, 1.807) is 10.9 Å². The molecule has 0 aliphatic carbocycles. The summed E-state index contributed by atoms with van der Waals surface area (Å²) in [5.41, 5.74) is 0.776. The Kier molecular flexibility index (Phi) is 1.41. The van der Waals surface area contributed by atoms with Crippen molar-refractivity contribution < 1.29 is 4.52 Å². The Balaban J connectivity index is 2.33. The minimum atomic E-state index is 0.727. The van der Waals surface area contributed by atoms with Gasteiger partial charge in [0.05, 0.1) is 5.39 Å². The predicted octanol–water partition coefficient (Wildman–Crippen LogP) is 2.01. The summed E-state index contributed by atoms with van der Waals surface area (Å²) in [5, 5.41) is 9.03. The molecule has 0 atom stereocenters. The van der Waals surface area contributed by atoms with E-state index in [1.165, 1.54) is 0 Å². The van der Waals surface area contributed by atoms with Gasteiger partial charge in [0.1, 0.15) is 0 Å². The van der Waals surface area contributed by atoms with Gasteiger partial charge >= 0.3 is 0 Å². The molecule has 0 saturated heterocycles. The molecule has 14 heavy (non-hydrogen) atoms. The molecule has 2 aromatic heterocycles. The molecule has 4 heteroatoms. The zero-order valence-electron chi connectivity index (χ0n) is 7.29. The van der Waals surface area contributed by atoms with E-state index in [9.17, 15) is 0 Å². The first kappa shape index (κ1) is 7.32. The Bertz CT molecular complexity index is 554. The highest BCUT2D eigenvalue weighted by atomic mass is 16.5. The standard InChI is InChI=1S/C10H7N3O/c1-2-5-9-8(4-1)10(12-14-9)13-7-3-6-11-13/h1-7H. The van der Waals surface area contributed by atoms with E-state index in [1.807, 2.05) is 36.5 Å². The highest BCUT2D eigenvalue weighted by Gasteiger charge is 2.08. The van der Waals surface area contributed by atoms with E-state index >= 15 is 0 Å². The van der Waals surface area contributed by atoms with Gasteiger partial charge in [-0.15, -0.1) is 0 Å². The van der Waals surface area contributed by atoms with Crippen LogP contribution < -0.4 is 0 Å². The van der Waals surface area contributed by atoms with E-state index in [4.69, 9.17) is 4.52 Å². The lowest BCUT2D eigenvalue weighted by atomic mass is 10.2. The van der Waals surface area contributed by atoms with E-state index < -0.39 is 0 Å². The lowest BCUT2D eigenvalue weighted by Gasteiger charge is -1.93. The number of aromatic nitrogens is 3. The number of rotatable bonds is 1. The molecule has 4 nitrogen and oxygen atoms in total. The second-order valence-corrected chi connectivity index (χ2v) is 2.95. The van der Waals surface area contributed by atoms with E-state index in [0.717, 1.165) is 16.8 Å². The van der Waals surface area contributed by atoms with E-state index in [0.29, 0.717) is 0 Å². The van der Waals surface area contributed by atoms with Crippen LogP contribution >= 0.6 is 0 Å². The number of benzene rings is 1. The Morgan fingerprint density at radius 2 is 2.07 bits per heavy atom. The summed E-state index contributed by atoms with van der Waals surface area (Å²) >= 11 is 0. The molecule has 0 amide bonds. The molecule has 3 rings (SSSR count). The van der Waals surface area contributed by atoms with Crippen molar-refractivity contribution in [3.63, 3.8) is 0 Å². The molecule has 0 aliphatic heterocycles. The maximum absolute atomic E-state index is 5.16. The molecule has 1 aromatic carbocycles. The topological polar surface area (TPSA) is 43.9 Å². The number of para-hydroxylation sites is 1. The van der Waals surface area contributed by atoms with Crippen LogP contribution in [0.5, 0.6) is 0 Å². The van der Waals surface area contributed by atoms with Gasteiger partial charge in [0.25, 0.3) is 0 Å². The Hall–Kier alpha value is -2.10. The molecule has 0 N–H and O–H groups in total. The van der Waals surface area contributed by atoms with Crippen molar-refractivity contribution >= 4 is 11.0 Å². The fourth-order valence-corrected chi connectivity index (χ4v) is 1.43. The van der Waals surface area contributed by atoms with Crippen molar-refractivity contribution in [2.24, 2.45) is 0 Å². The summed E-state index contributed by atoms with van der Waals surface area (Å²) in [4.78, 5) is 0. The van der Waals surface area contributed by atoms with Gasteiger partial charge in [-0.1, -0.05) is 17.3 Å². The number of hydrogen-bond acceptors (Lipinski definition) is 3. The molecule has 0 radical (unpaired) electrons. The quantitative estimate of drug-likeness (QED) is 0.582. The first-order chi connectivity index (χ1) is 6.95. The fraction of sp³-hybridized carbons (Fsp3) is 0. The van der Waals surface area contributed by atoms with Crippen molar-refractivity contribution in [3.8, 4) is 5.82 Å². The van der Waals surface area contributed by atoms with Gasteiger partial charge in [0, 0.05) is 12.4 Å². The molecule has 0 unspecified atom stereocenters. The SMILES string of the molecule is c1ccc2c(-n3cccn3)noc2c1. The van der Waals surface area contributed by atoms with E-state index in [-0.39, 0.29) is 0 Å². The number of hydrogen-bond donors (Lipinski definition) is 0. The maximum atomic E-state index is 5.16. The van der Waals surface area contributed by atoms with Gasteiger partial charge in [-0.2, -0.15) is 5.10 Å². The normalized spacial score (nSPS) is 10.9. The van der Waals surface area contributed by atoms with Crippen molar-refractivity contribution in [2.45, 2.75) is 0 Å². The molecule has 0 bridgehead atoms. The summed E-state index contributed by atoms with van der Waals surface area (Å²) in [7, 11) is 0. The third-order valence-corrected chi connectivity index (χ3v) is 2.08. The third-order valence-electron chi connectivity index (χ3n) is 2.08. The average Bonchev–Trinajstić information content (AvgIpc) is 2.85. The van der Waals surface area contributed by atoms with Gasteiger partial charge in [-0.05, 0) is 18.2 Å². The van der Waals surface area contributed by atoms with Crippen LogP contribution in [0.25, 0.3) is 16.8 Å². The molecule has 3 aromatic rings. The largest absolute Gasteiger partial charge is 0.354 e. The smallest absolute Gasteiger partial charge is 0.204 e. The van der Waals surface area contributed by atoms with Gasteiger partial charge < -0.3 is 4.52 Å². The Labute approximate surface area is 79.7 Å². The van der Waals surface area contributed by atoms with Crippen LogP contribution in [0.4, 0.5) is 0 Å². The Morgan fingerprint density at radius 3 is 2.93 bits per heavy atom. The van der Waals surface area contributed by atoms with Gasteiger partial charge in [0.15, 0.2) is 5.58 Å². The van der Waals surface area contributed by atoms with Crippen molar-refractivity contribution in [3.05, 3.63) is 42.7 Å². The lowest BCUT2D eigenvalue weighted by Crippen LogP contribution is -1.94. The summed E-state index contributed by atoms with van der Waals surface area (Å²) in [5.74, 6) is 0.727. The van der Waals surface area contributed by atoms with Crippen molar-refractivity contribution in [2.75, 3.05) is 0 Å². The Morgan fingerprint density at radius 1 is 1.14 bits per heavy atom. The molecule has 68 valence electrons. The lowest BCUT2D eigenvalue weighted by molar-refractivity contribution is 0.449. The second kappa shape index (κ2) is 2.70. The molecule has 0 aliphatic rings. The predicted molar refractivity (Wildman–Crippen MR) is 51.1 cm³/mol. The molecular weight excluding hydrogens is 178 g/mol. The minimum Gasteiger partial charge on any atom is -0.354 e.